The topological polar surface area (TPSA) is 52.6 Å². The van der Waals surface area contributed by atoms with Crippen LogP contribution in [0.4, 0.5) is 0 Å². The Labute approximate surface area is 103 Å². The molecule has 0 radical (unpaired) electrons. The van der Waals surface area contributed by atoms with E-state index in [1.807, 2.05) is 13.8 Å². The van der Waals surface area contributed by atoms with Crippen molar-refractivity contribution in [3.8, 4) is 0 Å². The molecule has 17 heavy (non-hydrogen) atoms. The van der Waals surface area contributed by atoms with E-state index in [9.17, 15) is 9.59 Å². The van der Waals surface area contributed by atoms with Gasteiger partial charge in [-0.25, -0.2) is 9.59 Å². The van der Waals surface area contributed by atoms with Crippen molar-refractivity contribution >= 4 is 11.9 Å². The van der Waals surface area contributed by atoms with Crippen molar-refractivity contribution in [3.63, 3.8) is 0 Å². The minimum Gasteiger partial charge on any atom is -0.463 e. The van der Waals surface area contributed by atoms with Crippen molar-refractivity contribution in [1.29, 1.82) is 0 Å². The second kappa shape index (κ2) is 9.87. The molecule has 0 N–H and O–H groups in total. The number of carbonyl (C=O) groups is 2. The van der Waals surface area contributed by atoms with E-state index in [-0.39, 0.29) is 5.92 Å². The normalized spacial score (nSPS) is 10.8. The predicted octanol–water partition coefficient (Wildman–Crippen LogP) is 2.48. The standard InChI is InChI=1S/C13H22O4/c1-4-5-6-9-16-12(14)7-8-13(15)17-10-11(2)3/h7-8,11H,4-6,9-10H2,1-3H3/b8-7+. The zero-order valence-corrected chi connectivity index (χ0v) is 10.9. The summed E-state index contributed by atoms with van der Waals surface area (Å²) in [5.41, 5.74) is 0. The maximum atomic E-state index is 11.1. The summed E-state index contributed by atoms with van der Waals surface area (Å²) in [7, 11) is 0. The summed E-state index contributed by atoms with van der Waals surface area (Å²) in [6, 6.07) is 0. The molecular formula is C13H22O4. The second-order valence-corrected chi connectivity index (χ2v) is 4.23. The smallest absolute Gasteiger partial charge is 0.331 e. The van der Waals surface area contributed by atoms with Gasteiger partial charge in [0.15, 0.2) is 0 Å². The van der Waals surface area contributed by atoms with Crippen LogP contribution in [0.15, 0.2) is 12.2 Å². The van der Waals surface area contributed by atoms with E-state index < -0.39 is 11.9 Å². The molecular weight excluding hydrogens is 220 g/mol. The van der Waals surface area contributed by atoms with Crippen LogP contribution in [0.25, 0.3) is 0 Å². The number of hydrogen-bond acceptors (Lipinski definition) is 4. The van der Waals surface area contributed by atoms with E-state index in [2.05, 4.69) is 6.92 Å². The van der Waals surface area contributed by atoms with Gasteiger partial charge in [-0.2, -0.15) is 0 Å². The molecule has 0 saturated heterocycles. The number of carbonyl (C=O) groups excluding carboxylic acids is 2. The monoisotopic (exact) mass is 242 g/mol. The molecule has 0 aromatic rings. The molecule has 0 bridgehead atoms. The van der Waals surface area contributed by atoms with E-state index in [0.29, 0.717) is 13.2 Å². The van der Waals surface area contributed by atoms with Crippen LogP contribution in [0.5, 0.6) is 0 Å². The summed E-state index contributed by atoms with van der Waals surface area (Å²) in [6.45, 7) is 6.72. The van der Waals surface area contributed by atoms with Gasteiger partial charge < -0.3 is 9.47 Å². The van der Waals surface area contributed by atoms with E-state index in [1.165, 1.54) is 0 Å². The van der Waals surface area contributed by atoms with Gasteiger partial charge in [0.25, 0.3) is 0 Å². The van der Waals surface area contributed by atoms with Gasteiger partial charge in [0.05, 0.1) is 13.2 Å². The highest BCUT2D eigenvalue weighted by Gasteiger charge is 2.02. The Morgan fingerprint density at radius 1 is 1.06 bits per heavy atom. The number of ether oxygens (including phenoxy) is 2. The third kappa shape index (κ3) is 11.0. The molecule has 0 heterocycles. The molecule has 0 spiro atoms. The third-order valence-electron chi connectivity index (χ3n) is 1.91. The maximum absolute atomic E-state index is 11.1. The molecule has 0 rings (SSSR count). The quantitative estimate of drug-likeness (QED) is 0.373. The minimum atomic E-state index is -0.510. The lowest BCUT2D eigenvalue weighted by atomic mass is 10.2. The number of unbranched alkanes of at least 4 members (excludes halogenated alkanes) is 2. The average molecular weight is 242 g/mol. The molecule has 0 atom stereocenters. The lowest BCUT2D eigenvalue weighted by Gasteiger charge is -2.04. The number of esters is 2. The first-order chi connectivity index (χ1) is 8.06. The van der Waals surface area contributed by atoms with Crippen LogP contribution >= 0.6 is 0 Å². The lowest BCUT2D eigenvalue weighted by Crippen LogP contribution is -2.08. The van der Waals surface area contributed by atoms with Gasteiger partial charge >= 0.3 is 11.9 Å². The van der Waals surface area contributed by atoms with Gasteiger partial charge in [0, 0.05) is 12.2 Å². The Bertz CT molecular complexity index is 256. The Morgan fingerprint density at radius 3 is 2.18 bits per heavy atom. The first-order valence-corrected chi connectivity index (χ1v) is 6.07. The first kappa shape index (κ1) is 15.7. The second-order valence-electron chi connectivity index (χ2n) is 4.23. The molecule has 4 heteroatoms. The molecule has 0 aliphatic heterocycles. The molecule has 0 aliphatic carbocycles. The molecule has 98 valence electrons. The highest BCUT2D eigenvalue weighted by Crippen LogP contribution is 1.96. The fourth-order valence-electron chi connectivity index (χ4n) is 1.01. The zero-order chi connectivity index (χ0) is 13.1. The highest BCUT2D eigenvalue weighted by molar-refractivity contribution is 5.91. The molecule has 0 aromatic heterocycles. The first-order valence-electron chi connectivity index (χ1n) is 6.07. The third-order valence-corrected chi connectivity index (χ3v) is 1.91. The highest BCUT2D eigenvalue weighted by atomic mass is 16.5. The summed E-state index contributed by atoms with van der Waals surface area (Å²) in [6.07, 6.45) is 5.18. The van der Waals surface area contributed by atoms with Crippen LogP contribution in [-0.4, -0.2) is 25.2 Å². The SMILES string of the molecule is CCCCCOC(=O)/C=C/C(=O)OCC(C)C. The van der Waals surface area contributed by atoms with Crippen LogP contribution < -0.4 is 0 Å². The maximum Gasteiger partial charge on any atom is 0.331 e. The molecule has 0 amide bonds. The molecule has 0 fully saturated rings. The van der Waals surface area contributed by atoms with Gasteiger partial charge in [-0.1, -0.05) is 33.6 Å². The van der Waals surface area contributed by atoms with E-state index in [0.717, 1.165) is 31.4 Å². The molecule has 4 nitrogen and oxygen atoms in total. The van der Waals surface area contributed by atoms with Crippen molar-refractivity contribution in [2.24, 2.45) is 5.92 Å². The fourth-order valence-corrected chi connectivity index (χ4v) is 1.01. The van der Waals surface area contributed by atoms with Gasteiger partial charge in [0.2, 0.25) is 0 Å². The van der Waals surface area contributed by atoms with Crippen LogP contribution in [0.1, 0.15) is 40.0 Å². The summed E-state index contributed by atoms with van der Waals surface area (Å²) in [5, 5.41) is 0. The lowest BCUT2D eigenvalue weighted by molar-refractivity contribution is -0.141. The molecule has 0 unspecified atom stereocenters. The Kier molecular flexibility index (Phi) is 9.11. The summed E-state index contributed by atoms with van der Waals surface area (Å²) in [4.78, 5) is 22.2. The van der Waals surface area contributed by atoms with Gasteiger partial charge in [-0.05, 0) is 12.3 Å². The van der Waals surface area contributed by atoms with Gasteiger partial charge in [-0.3, -0.25) is 0 Å². The number of rotatable bonds is 8. The van der Waals surface area contributed by atoms with Crippen molar-refractivity contribution in [2.45, 2.75) is 40.0 Å². The Morgan fingerprint density at radius 2 is 1.65 bits per heavy atom. The van der Waals surface area contributed by atoms with E-state index >= 15 is 0 Å². The summed E-state index contributed by atoms with van der Waals surface area (Å²) < 4.78 is 9.75. The van der Waals surface area contributed by atoms with E-state index in [4.69, 9.17) is 9.47 Å². The van der Waals surface area contributed by atoms with Crippen LogP contribution in [0.2, 0.25) is 0 Å². The molecule has 0 saturated carbocycles. The Hall–Kier alpha value is -1.32. The minimum absolute atomic E-state index is 0.286. The Balaban J connectivity index is 3.67. The van der Waals surface area contributed by atoms with Crippen LogP contribution in [0, 0.1) is 5.92 Å². The van der Waals surface area contributed by atoms with Gasteiger partial charge in [-0.15, -0.1) is 0 Å². The number of hydrogen-bond donors (Lipinski definition) is 0. The molecule has 0 aliphatic rings. The van der Waals surface area contributed by atoms with Crippen molar-refractivity contribution in [2.75, 3.05) is 13.2 Å². The van der Waals surface area contributed by atoms with E-state index in [1.54, 1.807) is 0 Å². The predicted molar refractivity (Wildman–Crippen MR) is 65.4 cm³/mol. The van der Waals surface area contributed by atoms with Gasteiger partial charge in [0.1, 0.15) is 0 Å². The fraction of sp³-hybridized carbons (Fsp3) is 0.692. The summed E-state index contributed by atoms with van der Waals surface area (Å²) >= 11 is 0. The largest absolute Gasteiger partial charge is 0.463 e. The van der Waals surface area contributed by atoms with Crippen molar-refractivity contribution in [1.82, 2.24) is 0 Å². The zero-order valence-electron chi connectivity index (χ0n) is 10.9. The van der Waals surface area contributed by atoms with Crippen LogP contribution in [0.3, 0.4) is 0 Å². The summed E-state index contributed by atoms with van der Waals surface area (Å²) in [5.74, 6) is -0.722. The van der Waals surface area contributed by atoms with Crippen LogP contribution in [-0.2, 0) is 19.1 Å². The molecule has 0 aromatic carbocycles. The van der Waals surface area contributed by atoms with Crippen molar-refractivity contribution in [3.05, 3.63) is 12.2 Å². The van der Waals surface area contributed by atoms with Crippen molar-refractivity contribution < 1.29 is 19.1 Å². The average Bonchev–Trinajstić information content (AvgIpc) is 2.29.